The van der Waals surface area contributed by atoms with Gasteiger partial charge < -0.3 is 20.7 Å². The van der Waals surface area contributed by atoms with Crippen LogP contribution in [0.2, 0.25) is 0 Å². The molecule has 1 heterocycles. The van der Waals surface area contributed by atoms with Gasteiger partial charge in [-0.15, -0.1) is 0 Å². The van der Waals surface area contributed by atoms with Gasteiger partial charge in [-0.25, -0.2) is 0 Å². The van der Waals surface area contributed by atoms with E-state index >= 15 is 0 Å². The smallest absolute Gasteiger partial charge is 0.188 e. The van der Waals surface area contributed by atoms with Crippen LogP contribution in [-0.2, 0) is 0 Å². The predicted octanol–water partition coefficient (Wildman–Crippen LogP) is 0.535. The Morgan fingerprint density at radius 1 is 1.53 bits per heavy atom. The summed E-state index contributed by atoms with van der Waals surface area (Å²) in [5, 5.41) is 11.0. The van der Waals surface area contributed by atoms with Crippen LogP contribution in [0.4, 0.5) is 0 Å². The SMILES string of the molecule is COc1ccccc1C1CNCCN1C(=N)N. The number of nitrogens with zero attached hydrogens (tertiary/aromatic N) is 1. The van der Waals surface area contributed by atoms with Crippen molar-refractivity contribution in [2.75, 3.05) is 26.7 Å². The summed E-state index contributed by atoms with van der Waals surface area (Å²) in [7, 11) is 1.66. The molecular formula is C12H18N4O. The number of para-hydroxylation sites is 1. The number of ether oxygens (including phenoxy) is 1. The molecule has 0 aliphatic carbocycles. The first-order valence-corrected chi connectivity index (χ1v) is 5.68. The molecule has 4 N–H and O–H groups in total. The van der Waals surface area contributed by atoms with Crippen LogP contribution in [0.1, 0.15) is 11.6 Å². The molecular weight excluding hydrogens is 216 g/mol. The van der Waals surface area contributed by atoms with Gasteiger partial charge in [-0.05, 0) is 6.07 Å². The lowest BCUT2D eigenvalue weighted by atomic mass is 10.0. The maximum absolute atomic E-state index is 7.63. The molecule has 1 atom stereocenters. The summed E-state index contributed by atoms with van der Waals surface area (Å²) in [4.78, 5) is 1.90. The number of piperazine rings is 1. The Balaban J connectivity index is 2.32. The van der Waals surface area contributed by atoms with Crippen LogP contribution in [0, 0.1) is 5.41 Å². The van der Waals surface area contributed by atoms with Gasteiger partial charge in [0, 0.05) is 25.2 Å². The van der Waals surface area contributed by atoms with E-state index in [1.807, 2.05) is 29.2 Å². The summed E-state index contributed by atoms with van der Waals surface area (Å²) < 4.78 is 5.36. The van der Waals surface area contributed by atoms with Crippen LogP contribution in [0.25, 0.3) is 0 Å². The van der Waals surface area contributed by atoms with E-state index in [2.05, 4.69) is 5.32 Å². The Hall–Kier alpha value is -1.75. The molecule has 5 nitrogen and oxygen atoms in total. The monoisotopic (exact) mass is 234 g/mol. The molecule has 2 rings (SSSR count). The van der Waals surface area contributed by atoms with E-state index in [0.717, 1.165) is 30.9 Å². The van der Waals surface area contributed by atoms with Crippen molar-refractivity contribution >= 4 is 5.96 Å². The molecule has 0 spiro atoms. The molecule has 0 saturated carbocycles. The van der Waals surface area contributed by atoms with Gasteiger partial charge in [0.1, 0.15) is 5.75 Å². The molecule has 1 unspecified atom stereocenters. The molecule has 92 valence electrons. The molecule has 0 amide bonds. The van der Waals surface area contributed by atoms with Crippen molar-refractivity contribution < 1.29 is 4.74 Å². The lowest BCUT2D eigenvalue weighted by molar-refractivity contribution is 0.251. The first kappa shape index (κ1) is 11.7. The third kappa shape index (κ3) is 2.34. The van der Waals surface area contributed by atoms with Crippen molar-refractivity contribution in [2.24, 2.45) is 5.73 Å². The van der Waals surface area contributed by atoms with Gasteiger partial charge in [-0.1, -0.05) is 18.2 Å². The fourth-order valence-electron chi connectivity index (χ4n) is 2.21. The first-order chi connectivity index (χ1) is 8.24. The molecule has 1 saturated heterocycles. The second-order valence-electron chi connectivity index (χ2n) is 4.04. The van der Waals surface area contributed by atoms with Crippen LogP contribution in [-0.4, -0.2) is 37.6 Å². The molecule has 0 bridgehead atoms. The average molecular weight is 234 g/mol. The standard InChI is InChI=1S/C12H18N4O/c1-17-11-5-3-2-4-9(11)10-8-15-6-7-16(10)12(13)14/h2-5,10,15H,6-8H2,1H3,(H3,13,14). The van der Waals surface area contributed by atoms with Gasteiger partial charge >= 0.3 is 0 Å². The number of benzene rings is 1. The fourth-order valence-corrected chi connectivity index (χ4v) is 2.21. The summed E-state index contributed by atoms with van der Waals surface area (Å²) in [6, 6.07) is 7.94. The Bertz CT molecular complexity index is 407. The molecule has 5 heteroatoms. The average Bonchev–Trinajstić information content (AvgIpc) is 2.38. The minimum atomic E-state index is 0.0670. The number of methoxy groups -OCH3 is 1. The Labute approximate surface area is 101 Å². The highest BCUT2D eigenvalue weighted by Crippen LogP contribution is 2.29. The third-order valence-corrected chi connectivity index (χ3v) is 3.05. The zero-order valence-corrected chi connectivity index (χ0v) is 9.94. The minimum Gasteiger partial charge on any atom is -0.496 e. The number of nitrogens with two attached hydrogens (primary N) is 1. The highest BCUT2D eigenvalue weighted by molar-refractivity contribution is 5.75. The Morgan fingerprint density at radius 3 is 3.00 bits per heavy atom. The number of hydrogen-bond donors (Lipinski definition) is 3. The third-order valence-electron chi connectivity index (χ3n) is 3.05. The highest BCUT2D eigenvalue weighted by atomic mass is 16.5. The topological polar surface area (TPSA) is 74.4 Å². The molecule has 0 radical (unpaired) electrons. The van der Waals surface area contributed by atoms with Gasteiger partial charge in [0.05, 0.1) is 13.2 Å². The normalized spacial score (nSPS) is 20.1. The maximum Gasteiger partial charge on any atom is 0.188 e. The van der Waals surface area contributed by atoms with Crippen molar-refractivity contribution in [2.45, 2.75) is 6.04 Å². The Kier molecular flexibility index (Phi) is 3.49. The van der Waals surface area contributed by atoms with E-state index in [-0.39, 0.29) is 12.0 Å². The highest BCUT2D eigenvalue weighted by Gasteiger charge is 2.26. The van der Waals surface area contributed by atoms with E-state index < -0.39 is 0 Å². The summed E-state index contributed by atoms with van der Waals surface area (Å²) >= 11 is 0. The van der Waals surface area contributed by atoms with Crippen molar-refractivity contribution in [3.05, 3.63) is 29.8 Å². The molecule has 1 aromatic carbocycles. The molecule has 1 aliphatic rings. The molecule has 1 aliphatic heterocycles. The molecule has 1 fully saturated rings. The van der Waals surface area contributed by atoms with Crippen LogP contribution < -0.4 is 15.8 Å². The second kappa shape index (κ2) is 5.05. The lowest BCUT2D eigenvalue weighted by Crippen LogP contribution is -2.51. The van der Waals surface area contributed by atoms with Crippen molar-refractivity contribution in [1.29, 1.82) is 5.41 Å². The lowest BCUT2D eigenvalue weighted by Gasteiger charge is -2.37. The van der Waals surface area contributed by atoms with Crippen molar-refractivity contribution in [3.8, 4) is 5.75 Å². The zero-order chi connectivity index (χ0) is 12.3. The van der Waals surface area contributed by atoms with E-state index in [1.54, 1.807) is 7.11 Å². The predicted molar refractivity (Wildman–Crippen MR) is 67.2 cm³/mol. The number of rotatable bonds is 2. The maximum atomic E-state index is 7.63. The summed E-state index contributed by atoms with van der Waals surface area (Å²) in [6.07, 6.45) is 0. The zero-order valence-electron chi connectivity index (χ0n) is 9.94. The van der Waals surface area contributed by atoms with Crippen LogP contribution >= 0.6 is 0 Å². The summed E-state index contributed by atoms with van der Waals surface area (Å²) in [5.74, 6) is 0.954. The van der Waals surface area contributed by atoms with Gasteiger partial charge in [-0.2, -0.15) is 0 Å². The van der Waals surface area contributed by atoms with E-state index in [1.165, 1.54) is 0 Å². The quantitative estimate of drug-likeness (QED) is 0.515. The van der Waals surface area contributed by atoms with Gasteiger partial charge in [0.2, 0.25) is 0 Å². The largest absolute Gasteiger partial charge is 0.496 e. The van der Waals surface area contributed by atoms with E-state index in [0.29, 0.717) is 0 Å². The second-order valence-corrected chi connectivity index (χ2v) is 4.04. The van der Waals surface area contributed by atoms with Gasteiger partial charge in [-0.3, -0.25) is 5.41 Å². The number of guanidine groups is 1. The fraction of sp³-hybridized carbons (Fsp3) is 0.417. The van der Waals surface area contributed by atoms with E-state index in [4.69, 9.17) is 15.9 Å². The van der Waals surface area contributed by atoms with Gasteiger partial charge in [0.25, 0.3) is 0 Å². The van der Waals surface area contributed by atoms with Crippen LogP contribution in [0.5, 0.6) is 5.75 Å². The molecule has 1 aromatic rings. The number of hydrogen-bond acceptors (Lipinski definition) is 3. The Morgan fingerprint density at radius 2 is 2.29 bits per heavy atom. The molecule has 0 aromatic heterocycles. The van der Waals surface area contributed by atoms with Crippen LogP contribution in [0.15, 0.2) is 24.3 Å². The van der Waals surface area contributed by atoms with Crippen LogP contribution in [0.3, 0.4) is 0 Å². The molecule has 17 heavy (non-hydrogen) atoms. The van der Waals surface area contributed by atoms with Crippen molar-refractivity contribution in [3.63, 3.8) is 0 Å². The minimum absolute atomic E-state index is 0.0670. The summed E-state index contributed by atoms with van der Waals surface area (Å²) in [6.45, 7) is 2.38. The number of nitrogens with one attached hydrogen (secondary N) is 2. The van der Waals surface area contributed by atoms with E-state index in [9.17, 15) is 0 Å². The summed E-state index contributed by atoms with van der Waals surface area (Å²) in [5.41, 5.74) is 6.69. The van der Waals surface area contributed by atoms with Crippen molar-refractivity contribution in [1.82, 2.24) is 10.2 Å². The van der Waals surface area contributed by atoms with Gasteiger partial charge in [0.15, 0.2) is 5.96 Å². The first-order valence-electron chi connectivity index (χ1n) is 5.68.